The molecule has 4 heterocycles. The van der Waals surface area contributed by atoms with Crippen LogP contribution in [0.5, 0.6) is 23.0 Å². The van der Waals surface area contributed by atoms with Crippen LogP contribution in [-0.4, -0.2) is 89.9 Å². The van der Waals surface area contributed by atoms with Gasteiger partial charge in [-0.05, 0) is 120 Å². The van der Waals surface area contributed by atoms with Crippen LogP contribution >= 0.6 is 31.9 Å². The monoisotopic (exact) mass is 1030 g/mol. The van der Waals surface area contributed by atoms with Gasteiger partial charge in [0.2, 0.25) is 0 Å². The van der Waals surface area contributed by atoms with E-state index in [0.29, 0.717) is 64.0 Å². The number of aromatic nitrogens is 4. The number of likely N-dealkylation sites (tertiary alicyclic amines) is 1. The number of hydrogen-bond donors (Lipinski definition) is 3. The van der Waals surface area contributed by atoms with Gasteiger partial charge in [-0.15, -0.1) is 0 Å². The molecule has 0 atom stereocenters. The second kappa shape index (κ2) is 21.6. The molecular weight excluding hydrogens is 970 g/mol. The maximum Gasteiger partial charge on any atom is 0.410 e. The van der Waals surface area contributed by atoms with Crippen LogP contribution in [0.25, 0.3) is 21.8 Å². The second-order valence-corrected chi connectivity index (χ2v) is 17.8. The molecule has 2 aromatic heterocycles. The van der Waals surface area contributed by atoms with Crippen LogP contribution in [0.4, 0.5) is 36.6 Å². The van der Waals surface area contributed by atoms with Gasteiger partial charge in [0.05, 0.1) is 63.3 Å². The highest BCUT2D eigenvalue weighted by molar-refractivity contribution is 9.10. The Morgan fingerprint density at radius 2 is 1.22 bits per heavy atom. The number of nitrogens with zero attached hydrogens (tertiary/aromatic N) is 5. The van der Waals surface area contributed by atoms with E-state index in [9.17, 15) is 13.6 Å². The highest BCUT2D eigenvalue weighted by atomic mass is 79.9. The summed E-state index contributed by atoms with van der Waals surface area (Å²) in [5.74, 6) is -2.38. The van der Waals surface area contributed by atoms with Gasteiger partial charge >= 0.3 is 6.09 Å². The minimum atomic E-state index is -2.88. The Hall–Kier alpha value is -5.59. The van der Waals surface area contributed by atoms with Crippen LogP contribution in [0.2, 0.25) is 0 Å². The van der Waals surface area contributed by atoms with Crippen LogP contribution in [0.1, 0.15) is 60.2 Å². The number of benzene rings is 4. The summed E-state index contributed by atoms with van der Waals surface area (Å²) in [5.41, 5.74) is 0.254. The fraction of sp³-hybridized carbons (Fsp3) is 0.383. The standard InChI is InChI=1S/C26H30BrFN4O4.C21H22BrFN4O2/c1-26(2,3)36-25(33)32-9-7-16(8-10-32)14-35-23-13-21-18(12-22(23)34-4)24(30-15-29-21)31-20-6-5-17(27)11-19(20)28;1-28-19-9-15-18(10-20(19)29-11-13-4-6-24-7-5-13)25-12-26-21(15)27-17-3-2-14(22)8-16(17)23/h5-6,11-13,15-16H,7-10,14H2,1-4H3,(H,29,30,31);2-3,8-10,12-13,24H,4-7,11H2,1H3,(H,25,26,27)/i4D3,14D2;1D3,11D2. The van der Waals surface area contributed by atoms with Crippen LogP contribution < -0.4 is 34.9 Å². The Balaban J connectivity index is 0.000000222. The fourth-order valence-electron chi connectivity index (χ4n) is 6.82. The number of carbonyl (C=O) groups excluding carboxylic acids is 1. The van der Waals surface area contributed by atoms with E-state index in [1.165, 1.54) is 66.1 Å². The van der Waals surface area contributed by atoms with E-state index >= 15 is 0 Å². The lowest BCUT2D eigenvalue weighted by molar-refractivity contribution is 0.0164. The average molecular weight is 1030 g/mol. The minimum Gasteiger partial charge on any atom is -0.493 e. The molecule has 3 N–H and O–H groups in total. The number of nitrogens with one attached hydrogen (secondary N) is 3. The third kappa shape index (κ3) is 12.6. The first kappa shape index (κ1) is 35.6. The quantitative estimate of drug-likeness (QED) is 0.107. The summed E-state index contributed by atoms with van der Waals surface area (Å²) in [6.45, 7) is 2.90. The number of ether oxygens (including phenoxy) is 5. The zero-order valence-corrected chi connectivity index (χ0v) is 38.6. The SMILES string of the molecule is [2H]C([2H])([2H])Oc1cc2c(Nc3ccc(Br)cc3F)ncnc2cc1OC([2H])([2H])C1CCN(C(=O)OC(C)(C)C)CC1.[2H]C([2H])([2H])Oc1cc2c(Nc3ccc(Br)cc3F)ncnc2cc1OC([2H])([2H])C1CCNCC1. The van der Waals surface area contributed by atoms with Crippen molar-refractivity contribution >= 4 is 82.8 Å². The molecule has 8 rings (SSSR count). The van der Waals surface area contributed by atoms with Crippen LogP contribution in [0.3, 0.4) is 0 Å². The third-order valence-corrected chi connectivity index (χ3v) is 11.1. The highest BCUT2D eigenvalue weighted by Crippen LogP contribution is 2.38. The molecule has 2 fully saturated rings. The van der Waals surface area contributed by atoms with Crippen molar-refractivity contribution in [3.63, 3.8) is 0 Å². The molecule has 2 aliphatic heterocycles. The van der Waals surface area contributed by atoms with E-state index in [1.807, 2.05) is 0 Å². The molecule has 0 unspecified atom stereocenters. The zero-order valence-electron chi connectivity index (χ0n) is 45.4. The molecule has 65 heavy (non-hydrogen) atoms. The number of halogens is 4. The van der Waals surface area contributed by atoms with Gasteiger partial charge < -0.3 is 44.5 Å². The zero-order chi connectivity index (χ0) is 54.7. The van der Waals surface area contributed by atoms with Crippen LogP contribution in [0.15, 0.2) is 82.3 Å². The Morgan fingerprint density at radius 3 is 1.66 bits per heavy atom. The molecule has 18 heteroatoms. The van der Waals surface area contributed by atoms with Crippen molar-refractivity contribution in [2.45, 2.75) is 52.1 Å². The molecule has 6 aromatic rings. The van der Waals surface area contributed by atoms with E-state index in [2.05, 4.69) is 67.7 Å². The molecule has 0 saturated carbocycles. The first-order valence-electron chi connectivity index (χ1n) is 25.5. The summed E-state index contributed by atoms with van der Waals surface area (Å²) in [6.07, 6.45) is 3.77. The summed E-state index contributed by atoms with van der Waals surface area (Å²) >= 11 is 6.42. The molecule has 344 valence electrons. The van der Waals surface area contributed by atoms with Crippen LogP contribution in [0, 0.1) is 23.5 Å². The number of anilines is 4. The van der Waals surface area contributed by atoms with Gasteiger partial charge in [-0.2, -0.15) is 0 Å². The van der Waals surface area contributed by atoms with Crippen molar-refractivity contribution in [1.29, 1.82) is 0 Å². The van der Waals surface area contributed by atoms with Gasteiger partial charge in [-0.1, -0.05) is 31.9 Å². The molecule has 0 bridgehead atoms. The Morgan fingerprint density at radius 1 is 0.738 bits per heavy atom. The lowest BCUT2D eigenvalue weighted by Crippen LogP contribution is -2.42. The number of fused-ring (bicyclic) bond motifs is 2. The Bertz CT molecular complexity index is 3020. The molecule has 2 saturated heterocycles. The number of amides is 1. The fourth-order valence-corrected chi connectivity index (χ4v) is 7.49. The topological polar surface area (TPSA) is 154 Å². The maximum atomic E-state index is 14.5. The molecule has 0 aliphatic carbocycles. The summed E-state index contributed by atoms with van der Waals surface area (Å²) < 4.78 is 137. The molecule has 0 spiro atoms. The summed E-state index contributed by atoms with van der Waals surface area (Å²) in [7, 11) is -5.69. The van der Waals surface area contributed by atoms with E-state index in [-0.39, 0.29) is 70.5 Å². The van der Waals surface area contributed by atoms with Gasteiger partial charge in [0.25, 0.3) is 0 Å². The number of hydrogen-bond acceptors (Lipinski definition) is 13. The average Bonchev–Trinajstić information content (AvgIpc) is 3.30. The molecule has 14 nitrogen and oxygen atoms in total. The molecule has 0 radical (unpaired) electrons. The first-order chi connectivity index (χ1) is 35.0. The Labute approximate surface area is 407 Å². The summed E-state index contributed by atoms with van der Waals surface area (Å²) in [4.78, 5) is 30.7. The van der Waals surface area contributed by atoms with E-state index in [0.717, 1.165) is 0 Å². The van der Waals surface area contributed by atoms with E-state index < -0.39 is 56.4 Å². The van der Waals surface area contributed by atoms with E-state index in [4.69, 9.17) is 37.4 Å². The normalized spacial score (nSPS) is 17.7. The summed E-state index contributed by atoms with van der Waals surface area (Å²) in [5, 5.41) is 9.59. The van der Waals surface area contributed by atoms with Gasteiger partial charge in [0.1, 0.15) is 41.5 Å². The van der Waals surface area contributed by atoms with Crippen molar-refractivity contribution < 1.29 is 51.0 Å². The van der Waals surface area contributed by atoms with Crippen molar-refractivity contribution in [2.75, 3.05) is 64.0 Å². The lowest BCUT2D eigenvalue weighted by atomic mass is 9.98. The third-order valence-electron chi connectivity index (χ3n) is 10.1. The molecular formula is C47H52Br2F2N8O6. The second-order valence-electron chi connectivity index (χ2n) is 16.0. The van der Waals surface area contributed by atoms with Gasteiger partial charge in [-0.25, -0.2) is 33.5 Å². The van der Waals surface area contributed by atoms with Gasteiger partial charge in [0, 0.05) is 44.9 Å². The molecule has 2 aliphatic rings. The van der Waals surface area contributed by atoms with Gasteiger partial charge in [0.15, 0.2) is 23.0 Å². The number of methoxy groups -OCH3 is 2. The number of piperidine rings is 2. The first-order valence-corrected chi connectivity index (χ1v) is 22.1. The van der Waals surface area contributed by atoms with Crippen molar-refractivity contribution in [2.24, 2.45) is 11.8 Å². The molecule has 4 aromatic carbocycles. The summed E-state index contributed by atoms with van der Waals surface area (Å²) in [6, 6.07) is 14.3. The maximum absolute atomic E-state index is 14.5. The highest BCUT2D eigenvalue weighted by Gasteiger charge is 2.28. The predicted octanol–water partition coefficient (Wildman–Crippen LogP) is 11.0. The smallest absolute Gasteiger partial charge is 0.410 e. The van der Waals surface area contributed by atoms with Crippen molar-refractivity contribution in [1.82, 2.24) is 30.2 Å². The van der Waals surface area contributed by atoms with Crippen LogP contribution in [-0.2, 0) is 4.74 Å². The van der Waals surface area contributed by atoms with Gasteiger partial charge in [-0.3, -0.25) is 0 Å². The number of carbonyl (C=O) groups is 1. The lowest BCUT2D eigenvalue weighted by Gasteiger charge is -2.33. The molecule has 1 amide bonds. The van der Waals surface area contributed by atoms with Crippen molar-refractivity contribution in [3.8, 4) is 23.0 Å². The number of rotatable bonds is 12. The predicted molar refractivity (Wildman–Crippen MR) is 254 cm³/mol. The minimum absolute atomic E-state index is 0.0911. The van der Waals surface area contributed by atoms with Crippen molar-refractivity contribution in [3.05, 3.63) is 93.9 Å². The van der Waals surface area contributed by atoms with E-state index in [1.54, 1.807) is 32.9 Å². The largest absolute Gasteiger partial charge is 0.493 e. The Kier molecular flexibility index (Phi) is 11.8.